The summed E-state index contributed by atoms with van der Waals surface area (Å²) in [6.45, 7) is 4.68. The minimum absolute atomic E-state index is 0.0174. The molecule has 6 heteroatoms. The molecule has 2 atom stereocenters. The summed E-state index contributed by atoms with van der Waals surface area (Å²) in [6, 6.07) is 5.33. The molecule has 1 aromatic rings. The van der Waals surface area contributed by atoms with Gasteiger partial charge in [0.05, 0.1) is 4.90 Å². The molecule has 0 saturated carbocycles. The molecule has 0 amide bonds. The van der Waals surface area contributed by atoms with Crippen molar-refractivity contribution < 1.29 is 12.8 Å². The molecule has 2 rings (SSSR count). The Morgan fingerprint density at radius 1 is 1.28 bits per heavy atom. The third-order valence-corrected chi connectivity index (χ3v) is 4.79. The van der Waals surface area contributed by atoms with Gasteiger partial charge in [0, 0.05) is 25.2 Å². The smallest absolute Gasteiger partial charge is 0.243 e. The molecule has 1 aliphatic rings. The van der Waals surface area contributed by atoms with Gasteiger partial charge in [-0.15, -0.1) is 0 Å². The average Bonchev–Trinajstić information content (AvgIpc) is 2.27. The van der Waals surface area contributed by atoms with Gasteiger partial charge < -0.3 is 5.32 Å². The average molecular weight is 272 g/mol. The highest BCUT2D eigenvalue weighted by atomic mass is 32.2. The zero-order valence-corrected chi connectivity index (χ0v) is 11.2. The number of halogens is 1. The predicted molar refractivity (Wildman–Crippen MR) is 67.2 cm³/mol. The minimum atomic E-state index is -3.60. The number of rotatable bonds is 2. The lowest BCUT2D eigenvalue weighted by Crippen LogP contribution is -2.55. The lowest BCUT2D eigenvalue weighted by molar-refractivity contribution is 0.263. The van der Waals surface area contributed by atoms with Gasteiger partial charge in [0.25, 0.3) is 0 Å². The van der Waals surface area contributed by atoms with Gasteiger partial charge >= 0.3 is 0 Å². The first-order valence-corrected chi connectivity index (χ1v) is 7.35. The molecule has 1 heterocycles. The fourth-order valence-corrected chi connectivity index (χ4v) is 3.90. The Hall–Kier alpha value is -0.980. The molecule has 1 aliphatic heterocycles. The first-order chi connectivity index (χ1) is 8.39. The highest BCUT2D eigenvalue weighted by molar-refractivity contribution is 7.89. The maximum Gasteiger partial charge on any atom is 0.243 e. The zero-order chi connectivity index (χ0) is 13.3. The van der Waals surface area contributed by atoms with Crippen molar-refractivity contribution in [2.45, 2.75) is 30.8 Å². The number of benzene rings is 1. The molecule has 1 N–H and O–H groups in total. The van der Waals surface area contributed by atoms with Crippen molar-refractivity contribution in [2.24, 2.45) is 0 Å². The molecule has 1 fully saturated rings. The quantitative estimate of drug-likeness (QED) is 0.880. The van der Waals surface area contributed by atoms with Crippen LogP contribution in [0.25, 0.3) is 0 Å². The second-order valence-electron chi connectivity index (χ2n) is 4.75. The minimum Gasteiger partial charge on any atom is -0.309 e. The summed E-state index contributed by atoms with van der Waals surface area (Å²) in [7, 11) is -3.60. The first kappa shape index (κ1) is 13.5. The molecule has 4 nitrogen and oxygen atoms in total. The standard InChI is InChI=1S/C12H17FN2O2S/c1-9-7-15(8-10(2)14-9)18(16,17)12-5-3-4-11(13)6-12/h3-6,9-10,14H,7-8H2,1-2H3. The van der Waals surface area contributed by atoms with E-state index in [9.17, 15) is 12.8 Å². The summed E-state index contributed by atoms with van der Waals surface area (Å²) in [6.07, 6.45) is 0. The Balaban J connectivity index is 2.31. The maximum absolute atomic E-state index is 13.1. The van der Waals surface area contributed by atoms with Crippen molar-refractivity contribution in [3.05, 3.63) is 30.1 Å². The Bertz CT molecular complexity index is 523. The third kappa shape index (κ3) is 2.71. The Morgan fingerprint density at radius 2 is 1.89 bits per heavy atom. The van der Waals surface area contributed by atoms with Gasteiger partial charge in [-0.2, -0.15) is 4.31 Å². The molecule has 0 radical (unpaired) electrons. The number of hydrogen-bond acceptors (Lipinski definition) is 3. The maximum atomic E-state index is 13.1. The summed E-state index contributed by atoms with van der Waals surface area (Å²) in [5.41, 5.74) is 0. The summed E-state index contributed by atoms with van der Waals surface area (Å²) in [4.78, 5) is 0.0174. The van der Waals surface area contributed by atoms with Crippen molar-refractivity contribution in [1.29, 1.82) is 0 Å². The van der Waals surface area contributed by atoms with Crippen LogP contribution in [0.1, 0.15) is 13.8 Å². The van der Waals surface area contributed by atoms with Gasteiger partial charge in [-0.1, -0.05) is 6.07 Å². The van der Waals surface area contributed by atoms with Crippen LogP contribution in [-0.4, -0.2) is 37.9 Å². The van der Waals surface area contributed by atoms with Crippen LogP contribution in [0, 0.1) is 5.82 Å². The van der Waals surface area contributed by atoms with E-state index in [-0.39, 0.29) is 17.0 Å². The third-order valence-electron chi connectivity index (χ3n) is 2.96. The van der Waals surface area contributed by atoms with E-state index in [4.69, 9.17) is 0 Å². The highest BCUT2D eigenvalue weighted by Gasteiger charge is 2.31. The van der Waals surface area contributed by atoms with Crippen molar-refractivity contribution in [3.63, 3.8) is 0 Å². The van der Waals surface area contributed by atoms with E-state index in [0.717, 1.165) is 6.07 Å². The second kappa shape index (κ2) is 4.95. The van der Waals surface area contributed by atoms with Gasteiger partial charge in [-0.05, 0) is 32.0 Å². The fourth-order valence-electron chi connectivity index (χ4n) is 2.25. The molecule has 1 aromatic carbocycles. The molecular weight excluding hydrogens is 255 g/mol. The first-order valence-electron chi connectivity index (χ1n) is 5.91. The zero-order valence-electron chi connectivity index (χ0n) is 10.4. The number of sulfonamides is 1. The van der Waals surface area contributed by atoms with E-state index in [1.807, 2.05) is 13.8 Å². The Kier molecular flexibility index (Phi) is 3.70. The number of nitrogens with one attached hydrogen (secondary N) is 1. The van der Waals surface area contributed by atoms with Crippen LogP contribution in [0.4, 0.5) is 4.39 Å². The summed E-state index contributed by atoms with van der Waals surface area (Å²) < 4.78 is 39.3. The Morgan fingerprint density at radius 3 is 2.44 bits per heavy atom. The van der Waals surface area contributed by atoms with E-state index in [1.165, 1.54) is 22.5 Å². The second-order valence-corrected chi connectivity index (χ2v) is 6.69. The normalized spacial score (nSPS) is 26.2. The molecule has 0 bridgehead atoms. The lowest BCUT2D eigenvalue weighted by Gasteiger charge is -2.35. The van der Waals surface area contributed by atoms with Gasteiger partial charge in [-0.25, -0.2) is 12.8 Å². The van der Waals surface area contributed by atoms with Crippen molar-refractivity contribution in [1.82, 2.24) is 9.62 Å². The number of piperazine rings is 1. The lowest BCUT2D eigenvalue weighted by atomic mass is 10.2. The molecule has 1 saturated heterocycles. The van der Waals surface area contributed by atoms with Gasteiger partial charge in [0.15, 0.2) is 0 Å². The molecular formula is C12H17FN2O2S. The van der Waals surface area contributed by atoms with Crippen molar-refractivity contribution >= 4 is 10.0 Å². The molecule has 0 aromatic heterocycles. The van der Waals surface area contributed by atoms with Gasteiger partial charge in [0.2, 0.25) is 10.0 Å². The topological polar surface area (TPSA) is 49.4 Å². The van der Waals surface area contributed by atoms with Crippen molar-refractivity contribution in [3.8, 4) is 0 Å². The predicted octanol–water partition coefficient (Wildman–Crippen LogP) is 1.20. The van der Waals surface area contributed by atoms with Crippen LogP contribution in [0.5, 0.6) is 0 Å². The molecule has 2 unspecified atom stereocenters. The molecule has 0 aliphatic carbocycles. The molecule has 0 spiro atoms. The SMILES string of the molecule is CC1CN(S(=O)(=O)c2cccc(F)c2)CC(C)N1. The molecule has 18 heavy (non-hydrogen) atoms. The fraction of sp³-hybridized carbons (Fsp3) is 0.500. The van der Waals surface area contributed by atoms with Gasteiger partial charge in [0.1, 0.15) is 5.82 Å². The van der Waals surface area contributed by atoms with Crippen LogP contribution >= 0.6 is 0 Å². The van der Waals surface area contributed by atoms with E-state index in [2.05, 4.69) is 5.32 Å². The number of nitrogens with zero attached hydrogens (tertiary/aromatic N) is 1. The van der Waals surface area contributed by atoms with Crippen molar-refractivity contribution in [2.75, 3.05) is 13.1 Å². The van der Waals surface area contributed by atoms with Crippen LogP contribution in [0.15, 0.2) is 29.2 Å². The summed E-state index contributed by atoms with van der Waals surface area (Å²) in [5, 5.41) is 3.26. The largest absolute Gasteiger partial charge is 0.309 e. The van der Waals surface area contributed by atoms with Crippen LogP contribution in [-0.2, 0) is 10.0 Å². The monoisotopic (exact) mass is 272 g/mol. The summed E-state index contributed by atoms with van der Waals surface area (Å²) >= 11 is 0. The van der Waals surface area contributed by atoms with E-state index in [0.29, 0.717) is 13.1 Å². The van der Waals surface area contributed by atoms with Crippen LogP contribution in [0.3, 0.4) is 0 Å². The highest BCUT2D eigenvalue weighted by Crippen LogP contribution is 2.19. The van der Waals surface area contributed by atoms with Crippen LogP contribution < -0.4 is 5.32 Å². The van der Waals surface area contributed by atoms with Gasteiger partial charge in [-0.3, -0.25) is 0 Å². The Labute approximate surface area is 107 Å². The van der Waals surface area contributed by atoms with E-state index >= 15 is 0 Å². The summed E-state index contributed by atoms with van der Waals surface area (Å²) in [5.74, 6) is -0.535. The molecule has 100 valence electrons. The van der Waals surface area contributed by atoms with E-state index in [1.54, 1.807) is 0 Å². The van der Waals surface area contributed by atoms with E-state index < -0.39 is 15.8 Å². The number of hydrogen-bond donors (Lipinski definition) is 1. The van der Waals surface area contributed by atoms with Crippen LogP contribution in [0.2, 0.25) is 0 Å².